The van der Waals surface area contributed by atoms with Crippen molar-refractivity contribution < 1.29 is 0 Å². The quantitative estimate of drug-likeness (QED) is 0.350. The molecule has 6 heteroatoms. The molecule has 168 valence electrons. The van der Waals surface area contributed by atoms with Gasteiger partial charge in [-0.05, 0) is 54.3 Å². The van der Waals surface area contributed by atoms with E-state index in [1.165, 1.54) is 0 Å². The van der Waals surface area contributed by atoms with Crippen molar-refractivity contribution in [3.8, 4) is 6.07 Å². The van der Waals surface area contributed by atoms with Crippen molar-refractivity contribution in [2.24, 2.45) is 5.11 Å². The largest absolute Gasteiger partial charge is 0.372 e. The number of benzene rings is 2. The molecule has 0 radical (unpaired) electrons. The van der Waals surface area contributed by atoms with Crippen LogP contribution in [-0.4, -0.2) is 18.0 Å². The molecule has 1 aliphatic rings. The fraction of sp³-hybridized carbons (Fsp3) is 0.222. The standard InChI is InChI=1S/C27H30N6/c1-5-13-33(14-6-2)20(4)22-9-11-24(12-10-22)30-18-27(32-29)25-16-23-8-7-21(17-28)15-26(23)31-19(25)3/h7-12,15-16,18,29-31H,3-6,13-14H2,1-2H3/b27-18-,32-29?. The average Bonchev–Trinajstić information content (AvgIpc) is 2.84. The summed E-state index contributed by atoms with van der Waals surface area (Å²) in [6.07, 6.45) is 5.79. The van der Waals surface area contributed by atoms with Crippen LogP contribution in [0.15, 0.2) is 83.9 Å². The number of rotatable bonds is 10. The SMILES string of the molecule is C=C1Nc2cc(C#N)ccc2C=C1/C(=C/Nc1ccc(C(=C)N(CCC)CCC)cc1)N=N. The number of fused-ring (bicyclic) bond motifs is 1. The Morgan fingerprint density at radius 1 is 1.18 bits per heavy atom. The van der Waals surface area contributed by atoms with Gasteiger partial charge < -0.3 is 15.5 Å². The maximum atomic E-state index is 9.10. The molecule has 0 saturated heterocycles. The van der Waals surface area contributed by atoms with Crippen LogP contribution in [0.4, 0.5) is 11.4 Å². The second-order valence-electron chi connectivity index (χ2n) is 7.87. The molecule has 0 bridgehead atoms. The first-order chi connectivity index (χ1) is 16.0. The average molecular weight is 439 g/mol. The molecule has 0 spiro atoms. The first-order valence-electron chi connectivity index (χ1n) is 11.1. The second-order valence-corrected chi connectivity index (χ2v) is 7.87. The molecule has 0 unspecified atom stereocenters. The van der Waals surface area contributed by atoms with Gasteiger partial charge in [0.15, 0.2) is 0 Å². The molecule has 0 atom stereocenters. The van der Waals surface area contributed by atoms with Gasteiger partial charge in [0.1, 0.15) is 5.70 Å². The Morgan fingerprint density at radius 3 is 2.48 bits per heavy atom. The maximum Gasteiger partial charge on any atom is 0.110 e. The second kappa shape index (κ2) is 11.0. The van der Waals surface area contributed by atoms with Crippen molar-refractivity contribution in [3.05, 3.63) is 95.5 Å². The molecule has 1 heterocycles. The highest BCUT2D eigenvalue weighted by atomic mass is 15.1. The monoisotopic (exact) mass is 438 g/mol. The zero-order valence-electron chi connectivity index (χ0n) is 19.3. The summed E-state index contributed by atoms with van der Waals surface area (Å²) in [5.74, 6) is 0. The third-order valence-electron chi connectivity index (χ3n) is 5.45. The summed E-state index contributed by atoms with van der Waals surface area (Å²) in [7, 11) is 0. The van der Waals surface area contributed by atoms with Crippen LogP contribution in [0.2, 0.25) is 0 Å². The van der Waals surface area contributed by atoms with Gasteiger partial charge in [-0.3, -0.25) is 0 Å². The van der Waals surface area contributed by atoms with E-state index in [0.29, 0.717) is 17.0 Å². The van der Waals surface area contributed by atoms with Gasteiger partial charge >= 0.3 is 0 Å². The molecule has 0 saturated carbocycles. The molecule has 0 fully saturated rings. The molecule has 33 heavy (non-hydrogen) atoms. The number of hydrogen-bond donors (Lipinski definition) is 3. The normalized spacial score (nSPS) is 12.7. The molecule has 2 aromatic carbocycles. The lowest BCUT2D eigenvalue weighted by molar-refractivity contribution is 0.397. The van der Waals surface area contributed by atoms with E-state index in [1.54, 1.807) is 18.3 Å². The van der Waals surface area contributed by atoms with Gasteiger partial charge in [0.05, 0.1) is 11.6 Å². The summed E-state index contributed by atoms with van der Waals surface area (Å²) in [5, 5.41) is 19.2. The molecule has 3 rings (SSSR count). The zero-order valence-corrected chi connectivity index (χ0v) is 19.3. The molecular weight excluding hydrogens is 408 g/mol. The minimum Gasteiger partial charge on any atom is -0.372 e. The van der Waals surface area contributed by atoms with Crippen molar-refractivity contribution in [2.75, 3.05) is 23.7 Å². The van der Waals surface area contributed by atoms with Crippen molar-refractivity contribution >= 4 is 23.1 Å². The van der Waals surface area contributed by atoms with E-state index in [-0.39, 0.29) is 0 Å². The van der Waals surface area contributed by atoms with E-state index in [9.17, 15) is 0 Å². The molecule has 0 aliphatic carbocycles. The van der Waals surface area contributed by atoms with Gasteiger partial charge in [-0.2, -0.15) is 10.4 Å². The first-order valence-corrected chi connectivity index (χ1v) is 11.1. The fourth-order valence-corrected chi connectivity index (χ4v) is 3.75. The highest BCUT2D eigenvalue weighted by molar-refractivity contribution is 5.81. The summed E-state index contributed by atoms with van der Waals surface area (Å²) < 4.78 is 0. The minimum atomic E-state index is 0.452. The molecule has 3 N–H and O–H groups in total. The maximum absolute atomic E-state index is 9.10. The molecule has 2 aromatic rings. The van der Waals surface area contributed by atoms with Gasteiger partial charge in [0, 0.05) is 47.6 Å². The van der Waals surface area contributed by atoms with E-state index in [4.69, 9.17) is 10.8 Å². The Balaban J connectivity index is 1.77. The summed E-state index contributed by atoms with van der Waals surface area (Å²) >= 11 is 0. The molecule has 0 aromatic heterocycles. The highest BCUT2D eigenvalue weighted by Gasteiger charge is 2.17. The van der Waals surface area contributed by atoms with Crippen molar-refractivity contribution in [3.63, 3.8) is 0 Å². The Labute approximate surface area is 196 Å². The summed E-state index contributed by atoms with van der Waals surface area (Å²) in [6.45, 7) is 14.7. The zero-order chi connectivity index (χ0) is 23.8. The predicted octanol–water partition coefficient (Wildman–Crippen LogP) is 6.96. The van der Waals surface area contributed by atoms with Gasteiger partial charge in [-0.1, -0.05) is 45.2 Å². The van der Waals surface area contributed by atoms with E-state index >= 15 is 0 Å². The lowest BCUT2D eigenvalue weighted by Crippen LogP contribution is -2.23. The van der Waals surface area contributed by atoms with Crippen LogP contribution in [0.5, 0.6) is 0 Å². The lowest BCUT2D eigenvalue weighted by atomic mass is 9.99. The van der Waals surface area contributed by atoms with E-state index in [1.807, 2.05) is 24.3 Å². The Bertz CT molecular complexity index is 1140. The Hall–Kier alpha value is -4.11. The molecule has 1 aliphatic heterocycles. The highest BCUT2D eigenvalue weighted by Crippen LogP contribution is 2.33. The van der Waals surface area contributed by atoms with Crippen molar-refractivity contribution in [1.29, 1.82) is 10.8 Å². The van der Waals surface area contributed by atoms with Crippen LogP contribution in [0.3, 0.4) is 0 Å². The van der Waals surface area contributed by atoms with E-state index < -0.39 is 0 Å². The van der Waals surface area contributed by atoms with Gasteiger partial charge in [0.2, 0.25) is 0 Å². The van der Waals surface area contributed by atoms with Crippen molar-refractivity contribution in [1.82, 2.24) is 4.90 Å². The molecule has 0 amide bonds. The minimum absolute atomic E-state index is 0.452. The first kappa shape index (κ1) is 23.6. The fourth-order valence-electron chi connectivity index (χ4n) is 3.75. The number of hydrogen-bond acceptors (Lipinski definition) is 6. The Kier molecular flexibility index (Phi) is 7.82. The smallest absolute Gasteiger partial charge is 0.110 e. The Morgan fingerprint density at radius 2 is 1.88 bits per heavy atom. The van der Waals surface area contributed by atoms with Gasteiger partial charge in [-0.15, -0.1) is 0 Å². The number of nitrogens with one attached hydrogen (secondary N) is 3. The molecule has 6 nitrogen and oxygen atoms in total. The summed E-state index contributed by atoms with van der Waals surface area (Å²) in [6, 6.07) is 15.7. The van der Waals surface area contributed by atoms with Crippen LogP contribution in [0, 0.1) is 16.9 Å². The van der Waals surface area contributed by atoms with Gasteiger partial charge in [-0.25, -0.2) is 5.53 Å². The summed E-state index contributed by atoms with van der Waals surface area (Å²) in [4.78, 5) is 2.32. The van der Waals surface area contributed by atoms with E-state index in [0.717, 1.165) is 59.7 Å². The van der Waals surface area contributed by atoms with Gasteiger partial charge in [0.25, 0.3) is 0 Å². The number of anilines is 2. The van der Waals surface area contributed by atoms with Crippen LogP contribution in [-0.2, 0) is 0 Å². The third kappa shape index (κ3) is 5.58. The predicted molar refractivity (Wildman–Crippen MR) is 136 cm³/mol. The van der Waals surface area contributed by atoms with E-state index in [2.05, 4.69) is 65.9 Å². The van der Waals surface area contributed by atoms with Crippen LogP contribution < -0.4 is 10.6 Å². The summed E-state index contributed by atoms with van der Waals surface area (Å²) in [5.41, 5.74) is 14.8. The van der Waals surface area contributed by atoms with Crippen LogP contribution >= 0.6 is 0 Å². The van der Waals surface area contributed by atoms with Crippen molar-refractivity contribution in [2.45, 2.75) is 26.7 Å². The number of nitriles is 1. The topological polar surface area (TPSA) is 87.3 Å². The van der Waals surface area contributed by atoms with Crippen LogP contribution in [0.1, 0.15) is 43.4 Å². The number of nitrogens with zero attached hydrogens (tertiary/aromatic N) is 3. The molecular formula is C27H30N6. The third-order valence-corrected chi connectivity index (χ3v) is 5.45. The lowest BCUT2D eigenvalue weighted by Gasteiger charge is -2.26. The van der Waals surface area contributed by atoms with Crippen LogP contribution in [0.25, 0.3) is 11.8 Å².